The molecule has 1 fully saturated rings. The third-order valence-corrected chi connectivity index (χ3v) is 4.45. The van der Waals surface area contributed by atoms with Crippen molar-refractivity contribution in [3.8, 4) is 0 Å². The Morgan fingerprint density at radius 1 is 1.41 bits per heavy atom. The van der Waals surface area contributed by atoms with Crippen LogP contribution in [0.25, 0.3) is 0 Å². The molecular weight excluding hydrogens is 240 g/mol. The number of hydrogen-bond acceptors (Lipinski definition) is 3. The molecule has 17 heavy (non-hydrogen) atoms. The van der Waals surface area contributed by atoms with E-state index in [9.17, 15) is 9.59 Å². The van der Waals surface area contributed by atoms with Crippen LogP contribution in [-0.4, -0.2) is 40.7 Å². The van der Waals surface area contributed by atoms with Crippen LogP contribution in [0, 0.1) is 5.92 Å². The standard InChI is InChI=1S/C11H20N2O3S/c1-7(2)8(9(14)15)13-10(16)12-6-11(17-3)4-5-11/h7-8H,4-6H2,1-3H3,(H,14,15)(H2,12,13,16)/t8-/m1/s1. The molecule has 98 valence electrons. The Morgan fingerprint density at radius 2 is 2.00 bits per heavy atom. The number of hydrogen-bond donors (Lipinski definition) is 3. The summed E-state index contributed by atoms with van der Waals surface area (Å²) in [6, 6.07) is -1.23. The van der Waals surface area contributed by atoms with Crippen LogP contribution in [0.4, 0.5) is 4.79 Å². The summed E-state index contributed by atoms with van der Waals surface area (Å²) >= 11 is 1.75. The summed E-state index contributed by atoms with van der Waals surface area (Å²) in [5.41, 5.74) is 0. The Morgan fingerprint density at radius 3 is 2.35 bits per heavy atom. The van der Waals surface area contributed by atoms with E-state index < -0.39 is 18.0 Å². The zero-order valence-electron chi connectivity index (χ0n) is 10.4. The average molecular weight is 260 g/mol. The monoisotopic (exact) mass is 260 g/mol. The van der Waals surface area contributed by atoms with E-state index in [-0.39, 0.29) is 10.7 Å². The molecule has 0 saturated heterocycles. The molecule has 0 radical (unpaired) electrons. The highest BCUT2D eigenvalue weighted by molar-refractivity contribution is 8.00. The maximum Gasteiger partial charge on any atom is 0.326 e. The van der Waals surface area contributed by atoms with Gasteiger partial charge in [0, 0.05) is 11.3 Å². The average Bonchev–Trinajstić information content (AvgIpc) is 3.03. The summed E-state index contributed by atoms with van der Waals surface area (Å²) in [5, 5.41) is 14.2. The number of urea groups is 1. The van der Waals surface area contributed by atoms with Gasteiger partial charge in [-0.15, -0.1) is 0 Å². The molecule has 1 atom stereocenters. The third kappa shape index (κ3) is 4.11. The number of carbonyl (C=O) groups is 2. The van der Waals surface area contributed by atoms with Gasteiger partial charge in [0.05, 0.1) is 0 Å². The maximum atomic E-state index is 11.6. The summed E-state index contributed by atoms with van der Waals surface area (Å²) < 4.78 is 0.188. The fourth-order valence-electron chi connectivity index (χ4n) is 1.54. The molecule has 2 amide bonds. The van der Waals surface area contributed by atoms with Gasteiger partial charge < -0.3 is 15.7 Å². The molecule has 3 N–H and O–H groups in total. The lowest BCUT2D eigenvalue weighted by Gasteiger charge is -2.19. The van der Waals surface area contributed by atoms with Crippen molar-refractivity contribution < 1.29 is 14.7 Å². The second kappa shape index (κ2) is 5.62. The van der Waals surface area contributed by atoms with Gasteiger partial charge in [0.15, 0.2) is 0 Å². The number of carboxylic acid groups (broad SMARTS) is 1. The number of aliphatic carboxylic acids is 1. The predicted octanol–water partition coefficient (Wildman–Crippen LogP) is 1.29. The first-order valence-corrected chi connectivity index (χ1v) is 6.95. The number of carbonyl (C=O) groups excluding carboxylic acids is 1. The van der Waals surface area contributed by atoms with Crippen LogP contribution in [0.3, 0.4) is 0 Å². The molecule has 1 aliphatic carbocycles. The van der Waals surface area contributed by atoms with Crippen molar-refractivity contribution in [1.82, 2.24) is 10.6 Å². The largest absolute Gasteiger partial charge is 0.480 e. The molecule has 0 aromatic carbocycles. The van der Waals surface area contributed by atoms with Crippen LogP contribution in [0.2, 0.25) is 0 Å². The fourth-order valence-corrected chi connectivity index (χ4v) is 2.27. The molecule has 1 aliphatic rings. The van der Waals surface area contributed by atoms with Gasteiger partial charge in [-0.3, -0.25) is 0 Å². The van der Waals surface area contributed by atoms with Gasteiger partial charge in [-0.05, 0) is 25.0 Å². The maximum absolute atomic E-state index is 11.6. The summed E-state index contributed by atoms with van der Waals surface area (Å²) in [4.78, 5) is 22.5. The summed E-state index contributed by atoms with van der Waals surface area (Å²) in [6.07, 6.45) is 4.25. The van der Waals surface area contributed by atoms with Crippen molar-refractivity contribution in [2.45, 2.75) is 37.5 Å². The highest BCUT2D eigenvalue weighted by atomic mass is 32.2. The van der Waals surface area contributed by atoms with Crippen LogP contribution in [0.15, 0.2) is 0 Å². The first kappa shape index (κ1) is 14.2. The summed E-state index contributed by atoms with van der Waals surface area (Å²) in [5.74, 6) is -1.13. The van der Waals surface area contributed by atoms with Gasteiger partial charge >= 0.3 is 12.0 Å². The lowest BCUT2D eigenvalue weighted by atomic mass is 10.1. The zero-order valence-corrected chi connectivity index (χ0v) is 11.3. The van der Waals surface area contributed by atoms with Gasteiger partial charge in [0.1, 0.15) is 6.04 Å². The first-order chi connectivity index (χ1) is 7.90. The molecule has 0 spiro atoms. The molecule has 0 aromatic rings. The Kier molecular flexibility index (Phi) is 4.68. The minimum absolute atomic E-state index is 0.131. The van der Waals surface area contributed by atoms with Crippen molar-refractivity contribution in [3.05, 3.63) is 0 Å². The SMILES string of the molecule is CSC1(CNC(=O)N[C@@H](C(=O)O)C(C)C)CC1. The lowest BCUT2D eigenvalue weighted by molar-refractivity contribution is -0.140. The Hall–Kier alpha value is -0.910. The minimum Gasteiger partial charge on any atom is -0.480 e. The summed E-state index contributed by atoms with van der Waals surface area (Å²) in [7, 11) is 0. The van der Waals surface area contributed by atoms with E-state index in [4.69, 9.17) is 5.11 Å². The molecule has 1 saturated carbocycles. The Bertz CT molecular complexity index is 303. The van der Waals surface area contributed by atoms with Crippen molar-refractivity contribution in [3.63, 3.8) is 0 Å². The predicted molar refractivity (Wildman–Crippen MR) is 68.3 cm³/mol. The van der Waals surface area contributed by atoms with Crippen LogP contribution in [-0.2, 0) is 4.79 Å². The topological polar surface area (TPSA) is 78.4 Å². The highest BCUT2D eigenvalue weighted by Gasteiger charge is 2.42. The van der Waals surface area contributed by atoms with Crippen LogP contribution < -0.4 is 10.6 Å². The van der Waals surface area contributed by atoms with Crippen molar-refractivity contribution in [2.24, 2.45) is 5.92 Å². The van der Waals surface area contributed by atoms with Crippen LogP contribution in [0.5, 0.6) is 0 Å². The molecule has 0 unspecified atom stereocenters. The van der Waals surface area contributed by atoms with Gasteiger partial charge in [0.2, 0.25) is 0 Å². The normalized spacial score (nSPS) is 18.6. The van der Waals surface area contributed by atoms with E-state index in [1.54, 1.807) is 25.6 Å². The van der Waals surface area contributed by atoms with E-state index in [0.717, 1.165) is 12.8 Å². The molecule has 1 rings (SSSR count). The molecule has 0 bridgehead atoms. The molecular formula is C11H20N2O3S. The quantitative estimate of drug-likeness (QED) is 0.672. The number of thioether (sulfide) groups is 1. The van der Waals surface area contributed by atoms with Gasteiger partial charge in [-0.25, -0.2) is 9.59 Å². The number of carboxylic acids is 1. The van der Waals surface area contributed by atoms with Crippen LogP contribution >= 0.6 is 11.8 Å². The Balaban J connectivity index is 2.35. The summed E-state index contributed by atoms with van der Waals surface area (Å²) in [6.45, 7) is 4.14. The van der Waals surface area contributed by atoms with E-state index in [2.05, 4.69) is 10.6 Å². The fraction of sp³-hybridized carbons (Fsp3) is 0.818. The van der Waals surface area contributed by atoms with Crippen molar-refractivity contribution in [2.75, 3.05) is 12.8 Å². The molecule has 5 nitrogen and oxygen atoms in total. The van der Waals surface area contributed by atoms with E-state index in [1.165, 1.54) is 0 Å². The van der Waals surface area contributed by atoms with E-state index in [1.807, 2.05) is 6.26 Å². The molecule has 0 heterocycles. The van der Waals surface area contributed by atoms with Crippen molar-refractivity contribution >= 4 is 23.8 Å². The number of nitrogens with one attached hydrogen (secondary N) is 2. The van der Waals surface area contributed by atoms with Gasteiger partial charge in [-0.2, -0.15) is 11.8 Å². The Labute approximate surface area is 106 Å². The minimum atomic E-state index is -0.999. The van der Waals surface area contributed by atoms with Gasteiger partial charge in [0.25, 0.3) is 0 Å². The van der Waals surface area contributed by atoms with Gasteiger partial charge in [-0.1, -0.05) is 13.8 Å². The van der Waals surface area contributed by atoms with E-state index >= 15 is 0 Å². The van der Waals surface area contributed by atoms with Crippen molar-refractivity contribution in [1.29, 1.82) is 0 Å². The number of amides is 2. The first-order valence-electron chi connectivity index (χ1n) is 5.72. The molecule has 0 aliphatic heterocycles. The molecule has 6 heteroatoms. The van der Waals surface area contributed by atoms with E-state index in [0.29, 0.717) is 6.54 Å². The lowest BCUT2D eigenvalue weighted by Crippen LogP contribution is -2.49. The zero-order chi connectivity index (χ0) is 13.1. The third-order valence-electron chi connectivity index (χ3n) is 3.03. The second-order valence-electron chi connectivity index (χ2n) is 4.77. The molecule has 0 aromatic heterocycles. The second-order valence-corrected chi connectivity index (χ2v) is 6.05. The smallest absolute Gasteiger partial charge is 0.326 e. The highest BCUT2D eigenvalue weighted by Crippen LogP contribution is 2.46. The number of rotatable bonds is 6. The van der Waals surface area contributed by atoms with Crippen LogP contribution in [0.1, 0.15) is 26.7 Å².